The predicted molar refractivity (Wildman–Crippen MR) is 144 cm³/mol. The summed E-state index contributed by atoms with van der Waals surface area (Å²) in [7, 11) is 0. The molecule has 0 bridgehead atoms. The van der Waals surface area contributed by atoms with E-state index < -0.39 is 0 Å². The molecule has 3 rings (SSSR count). The van der Waals surface area contributed by atoms with Crippen LogP contribution < -0.4 is 10.6 Å². The third-order valence-corrected chi connectivity index (χ3v) is 6.82. The zero-order valence-electron chi connectivity index (χ0n) is 21.4. The smallest absolute Gasteiger partial charge is 0.227 e. The predicted octanol–water partition coefficient (Wildman–Crippen LogP) is 4.50. The highest BCUT2D eigenvalue weighted by molar-refractivity contribution is 6.10. The highest BCUT2D eigenvalue weighted by Gasteiger charge is 2.21. The van der Waals surface area contributed by atoms with Gasteiger partial charge in [-0.15, -0.1) is 0 Å². The van der Waals surface area contributed by atoms with Gasteiger partial charge in [0, 0.05) is 43.0 Å². The number of alkyl halides is 1. The summed E-state index contributed by atoms with van der Waals surface area (Å²) in [6, 6.07) is 4.19. The maximum absolute atomic E-state index is 13.2. The standard InChI is InChI=1S/C28H40FN5O/c1-5-22-7-8-26(25-18-31-24(6-2)11-15-34(16-12-29)19-20(25)3)33-27(22)17-21(4)32-28(35)23-9-13-30-14-10-23/h5,7-8,17-18,23-24,30H,1,6,9-16,19H2,2-4H3,(H,32,35)/b21-17+,25-20-,31-18?. The first-order valence-corrected chi connectivity index (χ1v) is 12.8. The highest BCUT2D eigenvalue weighted by atomic mass is 19.1. The number of amides is 1. The minimum Gasteiger partial charge on any atom is -0.330 e. The highest BCUT2D eigenvalue weighted by Crippen LogP contribution is 2.23. The van der Waals surface area contributed by atoms with Gasteiger partial charge < -0.3 is 10.6 Å². The minimum atomic E-state index is -0.357. The van der Waals surface area contributed by atoms with E-state index in [9.17, 15) is 9.18 Å². The molecule has 1 saturated heterocycles. The Morgan fingerprint density at radius 3 is 2.77 bits per heavy atom. The van der Waals surface area contributed by atoms with Gasteiger partial charge in [0.15, 0.2) is 0 Å². The van der Waals surface area contributed by atoms with E-state index in [1.54, 1.807) is 6.08 Å². The van der Waals surface area contributed by atoms with Gasteiger partial charge in [-0.05, 0) is 75.9 Å². The van der Waals surface area contributed by atoms with Crippen molar-refractivity contribution in [3.63, 3.8) is 0 Å². The summed E-state index contributed by atoms with van der Waals surface area (Å²) in [5, 5.41) is 6.35. The van der Waals surface area contributed by atoms with Crippen molar-refractivity contribution in [2.45, 2.75) is 52.5 Å². The second-order valence-electron chi connectivity index (χ2n) is 9.50. The number of nitrogens with one attached hydrogen (secondary N) is 2. The van der Waals surface area contributed by atoms with Gasteiger partial charge in [0.05, 0.1) is 17.4 Å². The van der Waals surface area contributed by atoms with E-state index in [1.165, 1.54) is 0 Å². The van der Waals surface area contributed by atoms with Crippen LogP contribution in [-0.4, -0.2) is 67.4 Å². The number of allylic oxidation sites excluding steroid dienone is 2. The number of hydrogen-bond acceptors (Lipinski definition) is 5. The number of halogens is 1. The topological polar surface area (TPSA) is 69.6 Å². The van der Waals surface area contributed by atoms with E-state index in [0.29, 0.717) is 13.1 Å². The van der Waals surface area contributed by atoms with Crippen LogP contribution in [0.5, 0.6) is 0 Å². The number of aromatic nitrogens is 1. The number of rotatable bonds is 8. The van der Waals surface area contributed by atoms with Crippen LogP contribution in [0.4, 0.5) is 4.39 Å². The fourth-order valence-electron chi connectivity index (χ4n) is 4.65. The van der Waals surface area contributed by atoms with Crippen LogP contribution in [0.2, 0.25) is 0 Å². The molecule has 3 heterocycles. The lowest BCUT2D eigenvalue weighted by molar-refractivity contribution is -0.124. The summed E-state index contributed by atoms with van der Waals surface area (Å²) in [5.74, 6) is 0.108. The van der Waals surface area contributed by atoms with Crippen LogP contribution in [0.3, 0.4) is 0 Å². The molecule has 1 aromatic rings. The molecule has 1 unspecified atom stereocenters. The Labute approximate surface area is 209 Å². The maximum atomic E-state index is 13.2. The van der Waals surface area contributed by atoms with E-state index in [2.05, 4.69) is 36.0 Å². The third kappa shape index (κ3) is 7.67. The van der Waals surface area contributed by atoms with Crippen molar-refractivity contribution >= 4 is 29.8 Å². The fraction of sp³-hybridized carbons (Fsp3) is 0.536. The van der Waals surface area contributed by atoms with Gasteiger partial charge in [-0.3, -0.25) is 14.7 Å². The van der Waals surface area contributed by atoms with Crippen molar-refractivity contribution in [2.24, 2.45) is 10.9 Å². The van der Waals surface area contributed by atoms with E-state index in [4.69, 9.17) is 9.98 Å². The fourth-order valence-corrected chi connectivity index (χ4v) is 4.65. The largest absolute Gasteiger partial charge is 0.330 e. The molecule has 2 aliphatic rings. The SMILES string of the molecule is C=Cc1ccc(/C2=C(/C)CN(CCF)CCC(CC)N=C2)nc1/C=C(\C)NC(=O)C1CCNCC1. The molecule has 1 atom stereocenters. The minimum absolute atomic E-state index is 0.0411. The van der Waals surface area contributed by atoms with Gasteiger partial charge in [-0.2, -0.15) is 0 Å². The molecular formula is C28H40FN5O. The monoisotopic (exact) mass is 481 g/mol. The first kappa shape index (κ1) is 27.0. The van der Waals surface area contributed by atoms with Crippen LogP contribution in [0, 0.1) is 5.92 Å². The summed E-state index contributed by atoms with van der Waals surface area (Å²) < 4.78 is 13.2. The molecule has 0 aromatic carbocycles. The Kier molecular flexibility index (Phi) is 10.4. The maximum Gasteiger partial charge on any atom is 0.227 e. The van der Waals surface area contributed by atoms with Crippen molar-refractivity contribution in [1.82, 2.24) is 20.5 Å². The Balaban J connectivity index is 1.91. The summed E-state index contributed by atoms with van der Waals surface area (Å²) in [4.78, 5) is 24.6. The molecule has 6 nitrogen and oxygen atoms in total. The molecule has 35 heavy (non-hydrogen) atoms. The molecule has 0 saturated carbocycles. The van der Waals surface area contributed by atoms with Crippen LogP contribution in [0.15, 0.2) is 35.0 Å². The molecule has 2 aliphatic heterocycles. The van der Waals surface area contributed by atoms with Crippen LogP contribution in [0.1, 0.15) is 63.4 Å². The van der Waals surface area contributed by atoms with Gasteiger partial charge in [-0.25, -0.2) is 9.37 Å². The molecule has 1 amide bonds. The van der Waals surface area contributed by atoms with Crippen LogP contribution in [0.25, 0.3) is 17.7 Å². The summed E-state index contributed by atoms with van der Waals surface area (Å²) in [6.07, 6.45) is 9.20. The Morgan fingerprint density at radius 1 is 1.31 bits per heavy atom. The second-order valence-corrected chi connectivity index (χ2v) is 9.50. The second kappa shape index (κ2) is 13.4. The third-order valence-electron chi connectivity index (χ3n) is 6.82. The first-order valence-electron chi connectivity index (χ1n) is 12.8. The van der Waals surface area contributed by atoms with Crippen molar-refractivity contribution in [3.05, 3.63) is 46.9 Å². The van der Waals surface area contributed by atoms with Gasteiger partial charge in [-0.1, -0.05) is 25.6 Å². The van der Waals surface area contributed by atoms with E-state index in [0.717, 1.165) is 79.1 Å². The Bertz CT molecular complexity index is 978. The normalized spacial score (nSPS) is 22.9. The van der Waals surface area contributed by atoms with Crippen molar-refractivity contribution in [2.75, 3.05) is 39.4 Å². The number of aliphatic imine (C=N–C) groups is 1. The average Bonchev–Trinajstić information content (AvgIpc) is 2.93. The summed E-state index contributed by atoms with van der Waals surface area (Å²) >= 11 is 0. The van der Waals surface area contributed by atoms with E-state index in [1.807, 2.05) is 31.3 Å². The van der Waals surface area contributed by atoms with E-state index in [-0.39, 0.29) is 24.5 Å². The molecule has 0 aliphatic carbocycles. The lowest BCUT2D eigenvalue weighted by Crippen LogP contribution is -2.37. The Morgan fingerprint density at radius 2 is 2.09 bits per heavy atom. The number of carbonyl (C=O) groups excluding carboxylic acids is 1. The number of nitrogens with zero attached hydrogens (tertiary/aromatic N) is 3. The number of carbonyl (C=O) groups is 1. The van der Waals surface area contributed by atoms with Gasteiger partial charge in [0.25, 0.3) is 0 Å². The molecule has 1 fully saturated rings. The zero-order valence-corrected chi connectivity index (χ0v) is 21.4. The van der Waals surface area contributed by atoms with E-state index >= 15 is 0 Å². The number of pyridine rings is 1. The molecular weight excluding hydrogens is 441 g/mol. The molecule has 2 N–H and O–H groups in total. The average molecular weight is 482 g/mol. The Hall–Kier alpha value is -2.64. The zero-order chi connectivity index (χ0) is 25.2. The van der Waals surface area contributed by atoms with Crippen molar-refractivity contribution < 1.29 is 9.18 Å². The quantitative estimate of drug-likeness (QED) is 0.574. The van der Waals surface area contributed by atoms with Crippen LogP contribution in [-0.2, 0) is 4.79 Å². The van der Waals surface area contributed by atoms with Gasteiger partial charge in [0.1, 0.15) is 6.67 Å². The lowest BCUT2D eigenvalue weighted by atomic mass is 9.97. The molecule has 7 heteroatoms. The summed E-state index contributed by atoms with van der Waals surface area (Å²) in [6.45, 7) is 13.4. The first-order chi connectivity index (χ1) is 16.9. The molecule has 1 aromatic heterocycles. The lowest BCUT2D eigenvalue weighted by Gasteiger charge is -2.22. The number of piperidine rings is 1. The molecule has 0 radical (unpaired) electrons. The number of hydrogen-bond donors (Lipinski definition) is 2. The van der Waals surface area contributed by atoms with Crippen molar-refractivity contribution in [1.29, 1.82) is 0 Å². The van der Waals surface area contributed by atoms with Gasteiger partial charge in [0.2, 0.25) is 5.91 Å². The molecule has 190 valence electrons. The van der Waals surface area contributed by atoms with Crippen molar-refractivity contribution in [3.8, 4) is 0 Å². The van der Waals surface area contributed by atoms with Crippen LogP contribution >= 0.6 is 0 Å². The van der Waals surface area contributed by atoms with Gasteiger partial charge >= 0.3 is 0 Å². The summed E-state index contributed by atoms with van der Waals surface area (Å²) in [5.41, 5.74) is 5.31. The molecule has 0 spiro atoms.